The lowest BCUT2D eigenvalue weighted by atomic mass is 9.92. The number of piperidine rings is 1. The van der Waals surface area contributed by atoms with Crippen molar-refractivity contribution in [1.29, 1.82) is 0 Å². The molecule has 1 aliphatic rings. The van der Waals surface area contributed by atoms with Crippen molar-refractivity contribution in [1.82, 2.24) is 20.5 Å². The third-order valence-electron chi connectivity index (χ3n) is 4.19. The van der Waals surface area contributed by atoms with Crippen molar-refractivity contribution in [3.05, 3.63) is 16.1 Å². The largest absolute Gasteiger partial charge is 0.356 e. The second kappa shape index (κ2) is 11.3. The van der Waals surface area contributed by atoms with Crippen LogP contribution >= 0.6 is 35.3 Å². The molecule has 0 spiro atoms. The summed E-state index contributed by atoms with van der Waals surface area (Å²) in [6.07, 6.45) is 4.25. The molecule has 2 heterocycles. The predicted molar refractivity (Wildman–Crippen MR) is 115 cm³/mol. The number of aryl methyl sites for hydroxylation is 1. The van der Waals surface area contributed by atoms with E-state index in [1.807, 2.05) is 13.2 Å². The zero-order valence-electron chi connectivity index (χ0n) is 15.3. The third-order valence-corrected chi connectivity index (χ3v) is 5.16. The van der Waals surface area contributed by atoms with E-state index in [0.29, 0.717) is 0 Å². The molecule has 0 radical (unpaired) electrons. The van der Waals surface area contributed by atoms with E-state index >= 15 is 0 Å². The van der Waals surface area contributed by atoms with E-state index in [1.165, 1.54) is 29.4 Å². The molecule has 0 amide bonds. The Bertz CT molecular complexity index is 495. The first kappa shape index (κ1) is 21.6. The van der Waals surface area contributed by atoms with Crippen LogP contribution in [0.4, 0.5) is 0 Å². The van der Waals surface area contributed by atoms with E-state index in [1.54, 1.807) is 11.3 Å². The molecule has 24 heavy (non-hydrogen) atoms. The number of hydrogen-bond acceptors (Lipinski definition) is 4. The molecular formula is C17H32IN5S. The summed E-state index contributed by atoms with van der Waals surface area (Å²) in [7, 11) is 1.83. The van der Waals surface area contributed by atoms with Crippen molar-refractivity contribution in [2.24, 2.45) is 16.8 Å². The van der Waals surface area contributed by atoms with Gasteiger partial charge in [-0.1, -0.05) is 13.8 Å². The summed E-state index contributed by atoms with van der Waals surface area (Å²) in [6, 6.07) is 0. The fourth-order valence-electron chi connectivity index (χ4n) is 3.33. The van der Waals surface area contributed by atoms with Gasteiger partial charge in [0.15, 0.2) is 5.96 Å². The van der Waals surface area contributed by atoms with Gasteiger partial charge in [0, 0.05) is 57.3 Å². The summed E-state index contributed by atoms with van der Waals surface area (Å²) in [4.78, 5) is 12.5. The van der Waals surface area contributed by atoms with Gasteiger partial charge in [0.1, 0.15) is 0 Å². The van der Waals surface area contributed by atoms with Gasteiger partial charge in [-0.15, -0.1) is 35.3 Å². The number of aliphatic imine (C=N–C) groups is 1. The van der Waals surface area contributed by atoms with Gasteiger partial charge in [-0.3, -0.25) is 4.99 Å². The van der Waals surface area contributed by atoms with Gasteiger partial charge in [0.05, 0.1) is 5.01 Å². The first-order chi connectivity index (χ1) is 11.1. The lowest BCUT2D eigenvalue weighted by molar-refractivity contribution is 0.143. The number of nitrogens with one attached hydrogen (secondary N) is 2. The van der Waals surface area contributed by atoms with Crippen LogP contribution in [0.1, 0.15) is 30.2 Å². The minimum absolute atomic E-state index is 0. The van der Waals surface area contributed by atoms with Gasteiger partial charge < -0.3 is 15.5 Å². The molecule has 0 aromatic carbocycles. The number of guanidine groups is 1. The minimum atomic E-state index is 0. The fourth-order valence-corrected chi connectivity index (χ4v) is 4.12. The molecule has 138 valence electrons. The quantitative estimate of drug-likeness (QED) is 0.386. The maximum Gasteiger partial charge on any atom is 0.191 e. The summed E-state index contributed by atoms with van der Waals surface area (Å²) in [5.74, 6) is 2.52. The topological polar surface area (TPSA) is 52.6 Å². The molecule has 1 fully saturated rings. The second-order valence-corrected chi connectivity index (χ2v) is 8.07. The van der Waals surface area contributed by atoms with Crippen molar-refractivity contribution in [2.75, 3.05) is 39.8 Å². The summed E-state index contributed by atoms with van der Waals surface area (Å²) in [5, 5.41) is 7.97. The highest BCUT2D eigenvalue weighted by Gasteiger charge is 2.21. The summed E-state index contributed by atoms with van der Waals surface area (Å²) in [5.41, 5.74) is 0. The lowest BCUT2D eigenvalue weighted by Gasteiger charge is -2.35. The summed E-state index contributed by atoms with van der Waals surface area (Å²) >= 11 is 1.77. The first-order valence-corrected chi connectivity index (χ1v) is 9.46. The van der Waals surface area contributed by atoms with Crippen LogP contribution in [0.25, 0.3) is 0 Å². The van der Waals surface area contributed by atoms with Gasteiger partial charge in [0.2, 0.25) is 0 Å². The zero-order chi connectivity index (χ0) is 16.7. The van der Waals surface area contributed by atoms with Crippen LogP contribution in [0, 0.1) is 18.8 Å². The molecule has 2 atom stereocenters. The normalized spacial score (nSPS) is 22.1. The number of thiazole rings is 1. The Labute approximate surface area is 167 Å². The summed E-state index contributed by atoms with van der Waals surface area (Å²) in [6.45, 7) is 12.1. The molecule has 0 aliphatic carbocycles. The van der Waals surface area contributed by atoms with E-state index in [0.717, 1.165) is 43.9 Å². The highest BCUT2D eigenvalue weighted by Crippen LogP contribution is 2.20. The molecule has 2 N–H and O–H groups in total. The van der Waals surface area contributed by atoms with E-state index in [9.17, 15) is 0 Å². The Kier molecular flexibility index (Phi) is 10.1. The average Bonchev–Trinajstić information content (AvgIpc) is 2.90. The van der Waals surface area contributed by atoms with E-state index in [2.05, 4.69) is 46.3 Å². The number of likely N-dealkylation sites (tertiary alicyclic amines) is 1. The molecule has 7 heteroatoms. The number of rotatable bonds is 6. The van der Waals surface area contributed by atoms with Crippen LogP contribution in [-0.2, 0) is 6.42 Å². The lowest BCUT2D eigenvalue weighted by Crippen LogP contribution is -2.45. The highest BCUT2D eigenvalue weighted by atomic mass is 127. The SMILES string of the molecule is CN=C(NCCc1ncc(C)s1)NCCN1CC(C)CC(C)C1.I. The molecule has 2 unspecified atom stereocenters. The Balaban J connectivity index is 0.00000288. The minimum Gasteiger partial charge on any atom is -0.356 e. The van der Waals surface area contributed by atoms with Crippen molar-refractivity contribution >= 4 is 41.3 Å². The Morgan fingerprint density at radius 2 is 1.96 bits per heavy atom. The Morgan fingerprint density at radius 3 is 2.54 bits per heavy atom. The van der Waals surface area contributed by atoms with Crippen LogP contribution in [0.3, 0.4) is 0 Å². The number of nitrogens with zero attached hydrogens (tertiary/aromatic N) is 3. The van der Waals surface area contributed by atoms with Crippen molar-refractivity contribution in [3.63, 3.8) is 0 Å². The van der Waals surface area contributed by atoms with E-state index < -0.39 is 0 Å². The molecule has 1 aromatic rings. The van der Waals surface area contributed by atoms with E-state index in [-0.39, 0.29) is 24.0 Å². The molecule has 0 bridgehead atoms. The third kappa shape index (κ3) is 7.65. The average molecular weight is 465 g/mol. The van der Waals surface area contributed by atoms with Gasteiger partial charge in [0.25, 0.3) is 0 Å². The molecule has 1 aromatic heterocycles. The van der Waals surface area contributed by atoms with Crippen LogP contribution in [0.2, 0.25) is 0 Å². The zero-order valence-corrected chi connectivity index (χ0v) is 18.5. The Hall–Kier alpha value is -0.410. The smallest absolute Gasteiger partial charge is 0.191 e. The summed E-state index contributed by atoms with van der Waals surface area (Å²) < 4.78 is 0. The van der Waals surface area contributed by atoms with Crippen LogP contribution < -0.4 is 10.6 Å². The highest BCUT2D eigenvalue weighted by molar-refractivity contribution is 14.0. The van der Waals surface area contributed by atoms with Crippen LogP contribution in [0.5, 0.6) is 0 Å². The van der Waals surface area contributed by atoms with E-state index in [4.69, 9.17) is 0 Å². The maximum absolute atomic E-state index is 4.39. The van der Waals surface area contributed by atoms with Crippen molar-refractivity contribution in [2.45, 2.75) is 33.6 Å². The standard InChI is InChI=1S/C17H31N5S.HI/c1-13-9-14(2)12-22(11-13)8-7-20-17(18-4)19-6-5-16-21-10-15(3)23-16;/h10,13-14H,5-9,11-12H2,1-4H3,(H2,18,19,20);1H. The molecule has 1 aliphatic heterocycles. The van der Waals surface area contributed by atoms with Crippen LogP contribution in [-0.4, -0.2) is 55.6 Å². The van der Waals surface area contributed by atoms with Gasteiger partial charge in [-0.25, -0.2) is 4.98 Å². The molecule has 5 nitrogen and oxygen atoms in total. The Morgan fingerprint density at radius 1 is 1.29 bits per heavy atom. The first-order valence-electron chi connectivity index (χ1n) is 8.65. The molecule has 2 rings (SSSR count). The number of aromatic nitrogens is 1. The van der Waals surface area contributed by atoms with Crippen molar-refractivity contribution < 1.29 is 0 Å². The molecular weight excluding hydrogens is 433 g/mol. The van der Waals surface area contributed by atoms with Gasteiger partial charge in [-0.05, 0) is 25.2 Å². The number of halogens is 1. The van der Waals surface area contributed by atoms with Crippen LogP contribution in [0.15, 0.2) is 11.2 Å². The monoisotopic (exact) mass is 465 g/mol. The predicted octanol–water partition coefficient (Wildman–Crippen LogP) is 2.75. The van der Waals surface area contributed by atoms with Crippen molar-refractivity contribution in [3.8, 4) is 0 Å². The molecule has 0 saturated carbocycles. The fraction of sp³-hybridized carbons (Fsp3) is 0.765. The maximum atomic E-state index is 4.39. The second-order valence-electron chi connectivity index (χ2n) is 6.75. The van der Waals surface area contributed by atoms with Gasteiger partial charge in [-0.2, -0.15) is 0 Å². The molecule has 1 saturated heterocycles. The number of hydrogen-bond donors (Lipinski definition) is 2. The van der Waals surface area contributed by atoms with Gasteiger partial charge >= 0.3 is 0 Å².